The van der Waals surface area contributed by atoms with Gasteiger partial charge in [0.05, 0.1) is 38.0 Å². The van der Waals surface area contributed by atoms with E-state index in [9.17, 15) is 14.7 Å². The Morgan fingerprint density at radius 2 is 1.68 bits per heavy atom. The highest BCUT2D eigenvalue weighted by molar-refractivity contribution is 6.51. The first-order valence-corrected chi connectivity index (χ1v) is 12.1. The number of aliphatic hydroxyl groups excluding tert-OH is 1. The molecule has 1 fully saturated rings. The van der Waals surface area contributed by atoms with Crippen molar-refractivity contribution in [3.63, 3.8) is 0 Å². The van der Waals surface area contributed by atoms with Crippen LogP contribution in [0.2, 0.25) is 0 Å². The zero-order chi connectivity index (χ0) is 26.7. The van der Waals surface area contributed by atoms with Gasteiger partial charge in [-0.25, -0.2) is 0 Å². The molecule has 0 saturated carbocycles. The first-order valence-electron chi connectivity index (χ1n) is 12.1. The summed E-state index contributed by atoms with van der Waals surface area (Å²) in [5.74, 6) is -0.241. The van der Waals surface area contributed by atoms with Crippen LogP contribution in [0, 0.1) is 13.8 Å². The molecule has 3 aromatic carbocycles. The second-order valence-corrected chi connectivity index (χ2v) is 8.95. The van der Waals surface area contributed by atoms with E-state index in [0.29, 0.717) is 40.7 Å². The SMILES string of the molecule is CCCOc1cccc(C2/C(=C(\O)c3cc(C)cc(C)c3OC)C(=O)C(=O)N2c2cccc(OC)c2)c1. The molecule has 1 saturated heterocycles. The summed E-state index contributed by atoms with van der Waals surface area (Å²) in [6.07, 6.45) is 0.832. The summed E-state index contributed by atoms with van der Waals surface area (Å²) < 4.78 is 16.8. The molecular weight excluding hydrogens is 470 g/mol. The van der Waals surface area contributed by atoms with Crippen LogP contribution in [-0.2, 0) is 9.59 Å². The molecule has 1 N–H and O–H groups in total. The summed E-state index contributed by atoms with van der Waals surface area (Å²) in [4.78, 5) is 28.5. The van der Waals surface area contributed by atoms with E-state index in [1.165, 1.54) is 19.1 Å². The van der Waals surface area contributed by atoms with E-state index in [1.54, 1.807) is 36.4 Å². The Labute approximate surface area is 216 Å². The second-order valence-electron chi connectivity index (χ2n) is 8.95. The van der Waals surface area contributed by atoms with Crippen LogP contribution < -0.4 is 19.1 Å². The molecule has 7 heteroatoms. The van der Waals surface area contributed by atoms with Gasteiger partial charge in [-0.1, -0.05) is 31.2 Å². The molecule has 1 unspecified atom stereocenters. The fraction of sp³-hybridized carbons (Fsp3) is 0.267. The molecular formula is C30H31NO6. The minimum Gasteiger partial charge on any atom is -0.507 e. The molecule has 0 spiro atoms. The van der Waals surface area contributed by atoms with Crippen molar-refractivity contribution in [3.8, 4) is 17.2 Å². The number of rotatable bonds is 8. The number of ketones is 1. The molecule has 4 rings (SSSR count). The molecule has 1 amide bonds. The molecule has 1 heterocycles. The molecule has 1 aliphatic rings. The third kappa shape index (κ3) is 4.89. The normalized spacial score (nSPS) is 16.7. The van der Waals surface area contributed by atoms with Crippen LogP contribution in [-0.4, -0.2) is 37.6 Å². The lowest BCUT2D eigenvalue weighted by atomic mass is 9.93. The maximum Gasteiger partial charge on any atom is 0.300 e. The summed E-state index contributed by atoms with van der Waals surface area (Å²) in [6.45, 7) is 6.30. The predicted octanol–water partition coefficient (Wildman–Crippen LogP) is 5.74. The Bertz CT molecular complexity index is 1380. The second kappa shape index (κ2) is 10.8. The fourth-order valence-electron chi connectivity index (χ4n) is 4.72. The fourth-order valence-corrected chi connectivity index (χ4v) is 4.72. The summed E-state index contributed by atoms with van der Waals surface area (Å²) in [7, 11) is 3.04. The van der Waals surface area contributed by atoms with Gasteiger partial charge < -0.3 is 19.3 Å². The van der Waals surface area contributed by atoms with E-state index in [-0.39, 0.29) is 11.3 Å². The van der Waals surface area contributed by atoms with Crippen molar-refractivity contribution in [3.05, 3.63) is 88.5 Å². The average Bonchev–Trinajstić information content (AvgIpc) is 3.17. The standard InChI is InChI=1S/C30H31NO6/c1-6-13-37-23-12-7-9-20(16-23)26-25(27(32)24-15-18(2)14-19(3)29(24)36-5)28(33)30(34)31(26)21-10-8-11-22(17-21)35-4/h7-12,14-17,26,32H,6,13H2,1-5H3/b27-25+. The van der Waals surface area contributed by atoms with Gasteiger partial charge in [0, 0.05) is 11.8 Å². The number of carbonyl (C=O) groups excluding carboxylic acids is 2. The number of carbonyl (C=O) groups is 2. The van der Waals surface area contributed by atoms with Gasteiger partial charge in [-0.3, -0.25) is 14.5 Å². The summed E-state index contributed by atoms with van der Waals surface area (Å²) in [6, 6.07) is 16.9. The number of hydrogen-bond donors (Lipinski definition) is 1. The van der Waals surface area contributed by atoms with Crippen molar-refractivity contribution < 1.29 is 28.9 Å². The van der Waals surface area contributed by atoms with E-state index in [1.807, 2.05) is 45.0 Å². The number of aryl methyl sites for hydroxylation is 2. The number of amides is 1. The maximum absolute atomic E-state index is 13.6. The summed E-state index contributed by atoms with van der Waals surface area (Å²) in [5, 5.41) is 11.6. The number of nitrogens with zero attached hydrogens (tertiary/aromatic N) is 1. The third-order valence-electron chi connectivity index (χ3n) is 6.30. The van der Waals surface area contributed by atoms with Gasteiger partial charge in [-0.05, 0) is 67.3 Å². The lowest BCUT2D eigenvalue weighted by molar-refractivity contribution is -0.132. The monoisotopic (exact) mass is 501 g/mol. The smallest absolute Gasteiger partial charge is 0.300 e. The van der Waals surface area contributed by atoms with Gasteiger partial charge >= 0.3 is 0 Å². The molecule has 3 aromatic rings. The van der Waals surface area contributed by atoms with E-state index >= 15 is 0 Å². The number of methoxy groups -OCH3 is 2. The van der Waals surface area contributed by atoms with Crippen molar-refractivity contribution in [1.29, 1.82) is 0 Å². The van der Waals surface area contributed by atoms with Crippen LogP contribution >= 0.6 is 0 Å². The van der Waals surface area contributed by atoms with Crippen LogP contribution in [0.5, 0.6) is 17.2 Å². The van der Waals surface area contributed by atoms with E-state index in [0.717, 1.165) is 17.5 Å². The molecule has 37 heavy (non-hydrogen) atoms. The number of ether oxygens (including phenoxy) is 3. The Hall–Kier alpha value is -4.26. The van der Waals surface area contributed by atoms with Crippen LogP contribution in [0.1, 0.15) is 41.6 Å². The van der Waals surface area contributed by atoms with E-state index < -0.39 is 17.7 Å². The highest BCUT2D eigenvalue weighted by atomic mass is 16.5. The van der Waals surface area contributed by atoms with Crippen LogP contribution in [0.25, 0.3) is 5.76 Å². The van der Waals surface area contributed by atoms with E-state index in [4.69, 9.17) is 14.2 Å². The Balaban J connectivity index is 1.98. The molecule has 0 aliphatic carbocycles. The average molecular weight is 502 g/mol. The number of hydrogen-bond acceptors (Lipinski definition) is 6. The van der Waals surface area contributed by atoms with Crippen molar-refractivity contribution in [1.82, 2.24) is 0 Å². The van der Waals surface area contributed by atoms with Crippen LogP contribution in [0.15, 0.2) is 66.2 Å². The lowest BCUT2D eigenvalue weighted by Gasteiger charge is -2.26. The molecule has 0 aromatic heterocycles. The molecule has 192 valence electrons. The van der Waals surface area contributed by atoms with Crippen molar-refractivity contribution in [2.24, 2.45) is 0 Å². The van der Waals surface area contributed by atoms with Gasteiger partial charge in [-0.2, -0.15) is 0 Å². The zero-order valence-electron chi connectivity index (χ0n) is 21.7. The molecule has 1 atom stereocenters. The topological polar surface area (TPSA) is 85.3 Å². The minimum atomic E-state index is -0.900. The Kier molecular flexibility index (Phi) is 7.53. The molecule has 1 aliphatic heterocycles. The molecule has 0 radical (unpaired) electrons. The Morgan fingerprint density at radius 1 is 0.946 bits per heavy atom. The highest BCUT2D eigenvalue weighted by Crippen LogP contribution is 2.45. The summed E-state index contributed by atoms with van der Waals surface area (Å²) >= 11 is 0. The van der Waals surface area contributed by atoms with Crippen molar-refractivity contribution in [2.45, 2.75) is 33.2 Å². The molecule has 0 bridgehead atoms. The van der Waals surface area contributed by atoms with Gasteiger partial charge in [0.25, 0.3) is 11.7 Å². The number of Topliss-reactive ketones (excluding diaryl/α,β-unsaturated/α-hetero) is 1. The van der Waals surface area contributed by atoms with Crippen LogP contribution in [0.4, 0.5) is 5.69 Å². The highest BCUT2D eigenvalue weighted by Gasteiger charge is 2.47. The predicted molar refractivity (Wildman–Crippen MR) is 142 cm³/mol. The maximum atomic E-state index is 13.6. The number of benzene rings is 3. The van der Waals surface area contributed by atoms with Crippen LogP contribution in [0.3, 0.4) is 0 Å². The minimum absolute atomic E-state index is 0.0243. The third-order valence-corrected chi connectivity index (χ3v) is 6.30. The summed E-state index contributed by atoms with van der Waals surface area (Å²) in [5.41, 5.74) is 3.11. The number of aliphatic hydroxyl groups is 1. The number of anilines is 1. The first-order chi connectivity index (χ1) is 17.8. The first kappa shape index (κ1) is 25.8. The van der Waals surface area contributed by atoms with Gasteiger partial charge in [0.15, 0.2) is 0 Å². The largest absolute Gasteiger partial charge is 0.507 e. The zero-order valence-corrected chi connectivity index (χ0v) is 21.7. The van der Waals surface area contributed by atoms with Gasteiger partial charge in [0.1, 0.15) is 23.0 Å². The van der Waals surface area contributed by atoms with Gasteiger partial charge in [-0.15, -0.1) is 0 Å². The molecule has 7 nitrogen and oxygen atoms in total. The Morgan fingerprint density at radius 3 is 2.38 bits per heavy atom. The van der Waals surface area contributed by atoms with Gasteiger partial charge in [0.2, 0.25) is 0 Å². The quantitative estimate of drug-likeness (QED) is 0.241. The van der Waals surface area contributed by atoms with Crippen molar-refractivity contribution in [2.75, 3.05) is 25.7 Å². The van der Waals surface area contributed by atoms with Crippen molar-refractivity contribution >= 4 is 23.1 Å². The van der Waals surface area contributed by atoms with E-state index in [2.05, 4.69) is 0 Å². The lowest BCUT2D eigenvalue weighted by Crippen LogP contribution is -2.29.